The molecule has 1 amide bonds. The van der Waals surface area contributed by atoms with E-state index in [4.69, 9.17) is 0 Å². The number of amides is 1. The van der Waals surface area contributed by atoms with E-state index < -0.39 is 0 Å². The molecule has 0 spiro atoms. The van der Waals surface area contributed by atoms with Gasteiger partial charge in [0.2, 0.25) is 5.17 Å². The zero-order valence-corrected chi connectivity index (χ0v) is 8.59. The van der Waals surface area contributed by atoms with Crippen molar-refractivity contribution in [2.45, 2.75) is 0 Å². The predicted octanol–water partition coefficient (Wildman–Crippen LogP) is 2.29. The minimum Gasteiger partial charge on any atom is -0.267 e. The summed E-state index contributed by atoms with van der Waals surface area (Å²) in [6.45, 7) is 0. The summed E-state index contributed by atoms with van der Waals surface area (Å²) in [5.41, 5.74) is 0.563. The highest BCUT2D eigenvalue weighted by molar-refractivity contribution is 8.16. The van der Waals surface area contributed by atoms with Crippen LogP contribution in [0.25, 0.3) is 0 Å². The summed E-state index contributed by atoms with van der Waals surface area (Å²) >= 11 is 2.17. The maximum atomic E-state index is 11.5. The topological polar surface area (TPSA) is 54.1 Å². The fourth-order valence-electron chi connectivity index (χ4n) is 0.891. The molecule has 1 aromatic rings. The molecule has 1 aliphatic rings. The van der Waals surface area contributed by atoms with E-state index in [1.54, 1.807) is 24.3 Å². The Morgan fingerprint density at radius 1 is 1.29 bits per heavy atom. The SMILES string of the molecule is O=C(N=C1N=S=NS1)c1ccccc1. The number of rotatable bonds is 1. The predicted molar refractivity (Wildman–Crippen MR) is 58.0 cm³/mol. The first-order valence-electron chi connectivity index (χ1n) is 3.79. The van der Waals surface area contributed by atoms with Gasteiger partial charge in [-0.05, 0) is 12.1 Å². The summed E-state index contributed by atoms with van der Waals surface area (Å²) in [6.07, 6.45) is 0. The lowest BCUT2D eigenvalue weighted by Crippen LogP contribution is -1.96. The molecule has 0 unspecified atom stereocenters. The van der Waals surface area contributed by atoms with Crippen LogP contribution in [0.4, 0.5) is 0 Å². The number of carbonyl (C=O) groups is 1. The monoisotopic (exact) mass is 223 g/mol. The van der Waals surface area contributed by atoms with Crippen LogP contribution in [0.5, 0.6) is 0 Å². The van der Waals surface area contributed by atoms with Crippen LogP contribution in [0.15, 0.2) is 43.5 Å². The molecule has 1 aromatic carbocycles. The molecule has 0 atom stereocenters. The number of nitrogens with zero attached hydrogens (tertiary/aromatic N) is 3. The number of hydrogen-bond donors (Lipinski definition) is 0. The zero-order valence-electron chi connectivity index (χ0n) is 6.95. The molecule has 0 aromatic heterocycles. The van der Waals surface area contributed by atoms with Gasteiger partial charge in [-0.3, -0.25) is 4.79 Å². The molecule has 0 saturated heterocycles. The summed E-state index contributed by atoms with van der Waals surface area (Å²) in [6, 6.07) is 8.88. The highest BCUT2D eigenvalue weighted by atomic mass is 32.2. The van der Waals surface area contributed by atoms with Crippen LogP contribution in [0.1, 0.15) is 10.4 Å². The van der Waals surface area contributed by atoms with Crippen molar-refractivity contribution in [3.63, 3.8) is 0 Å². The second-order valence-electron chi connectivity index (χ2n) is 2.40. The summed E-state index contributed by atoms with van der Waals surface area (Å²) in [7, 11) is 0. The van der Waals surface area contributed by atoms with Gasteiger partial charge in [0, 0.05) is 5.56 Å². The third-order valence-corrected chi connectivity index (χ3v) is 2.77. The molecule has 0 bridgehead atoms. The maximum absolute atomic E-state index is 11.5. The van der Waals surface area contributed by atoms with Gasteiger partial charge in [0.15, 0.2) is 0 Å². The highest BCUT2D eigenvalue weighted by Gasteiger charge is 2.07. The van der Waals surface area contributed by atoms with Crippen LogP contribution in [-0.4, -0.2) is 11.1 Å². The molecular weight excluding hydrogens is 218 g/mol. The van der Waals surface area contributed by atoms with E-state index in [1.165, 1.54) is 0 Å². The Labute approximate surface area is 88.5 Å². The van der Waals surface area contributed by atoms with Gasteiger partial charge < -0.3 is 0 Å². The Kier molecular flexibility index (Phi) is 2.85. The van der Waals surface area contributed by atoms with Crippen molar-refractivity contribution < 1.29 is 4.79 Å². The van der Waals surface area contributed by atoms with Gasteiger partial charge in [0.05, 0.1) is 23.3 Å². The molecular formula is C8H5N3OS2. The lowest BCUT2D eigenvalue weighted by molar-refractivity contribution is 0.100. The molecule has 1 heterocycles. The second-order valence-corrected chi connectivity index (χ2v) is 3.89. The van der Waals surface area contributed by atoms with Crippen LogP contribution in [0, 0.1) is 0 Å². The van der Waals surface area contributed by atoms with E-state index in [0.29, 0.717) is 10.7 Å². The quantitative estimate of drug-likeness (QED) is 0.686. The van der Waals surface area contributed by atoms with Crippen molar-refractivity contribution in [3.05, 3.63) is 35.9 Å². The molecule has 6 heteroatoms. The normalized spacial score (nSPS) is 17.0. The first-order valence-corrected chi connectivity index (χ1v) is 5.29. The summed E-state index contributed by atoms with van der Waals surface area (Å²) < 4.78 is 7.64. The molecule has 14 heavy (non-hydrogen) atoms. The van der Waals surface area contributed by atoms with Crippen molar-refractivity contribution in [1.82, 2.24) is 0 Å². The molecule has 0 fully saturated rings. The van der Waals surface area contributed by atoms with Crippen molar-refractivity contribution in [2.75, 3.05) is 0 Å². The third kappa shape index (κ3) is 2.15. The standard InChI is InChI=1S/C8H5N3OS2/c12-7(6-4-2-1-3-5-6)9-8-10-14-11-13-8/h1-5H. The Morgan fingerprint density at radius 2 is 2.07 bits per heavy atom. The average Bonchev–Trinajstić information content (AvgIpc) is 2.72. The van der Waals surface area contributed by atoms with E-state index >= 15 is 0 Å². The van der Waals surface area contributed by atoms with E-state index in [0.717, 1.165) is 23.3 Å². The van der Waals surface area contributed by atoms with Crippen molar-refractivity contribution in [1.29, 1.82) is 0 Å². The van der Waals surface area contributed by atoms with E-state index in [2.05, 4.69) is 13.1 Å². The van der Waals surface area contributed by atoms with Gasteiger partial charge in [-0.1, -0.05) is 18.2 Å². The molecule has 0 saturated carbocycles. The summed E-state index contributed by atoms with van der Waals surface area (Å²) in [5, 5.41) is 0.406. The van der Waals surface area contributed by atoms with Crippen LogP contribution in [0.3, 0.4) is 0 Å². The van der Waals surface area contributed by atoms with Crippen LogP contribution < -0.4 is 0 Å². The fraction of sp³-hybridized carbons (Fsp3) is 0. The Balaban J connectivity index is 2.18. The number of aliphatic imine (C=N–C) groups is 1. The molecule has 0 N–H and O–H groups in total. The molecule has 2 rings (SSSR count). The minimum atomic E-state index is -0.283. The fourth-order valence-corrected chi connectivity index (χ4v) is 1.89. The van der Waals surface area contributed by atoms with Gasteiger partial charge in [-0.25, -0.2) is 0 Å². The Hall–Kier alpha value is -1.27. The summed E-state index contributed by atoms with van der Waals surface area (Å²) in [4.78, 5) is 15.3. The summed E-state index contributed by atoms with van der Waals surface area (Å²) in [5.74, 6) is -0.283. The number of carbonyl (C=O) groups excluding carboxylic acids is 1. The van der Waals surface area contributed by atoms with Gasteiger partial charge in [-0.2, -0.15) is 4.99 Å². The van der Waals surface area contributed by atoms with Crippen LogP contribution in [-0.2, 0) is 11.4 Å². The first-order chi connectivity index (χ1) is 6.86. The molecule has 4 nitrogen and oxygen atoms in total. The van der Waals surface area contributed by atoms with Crippen LogP contribution >= 0.6 is 11.9 Å². The van der Waals surface area contributed by atoms with Crippen molar-refractivity contribution in [2.24, 2.45) is 13.1 Å². The molecule has 70 valence electrons. The van der Waals surface area contributed by atoms with Gasteiger partial charge >= 0.3 is 0 Å². The molecule has 1 aliphatic heterocycles. The maximum Gasteiger partial charge on any atom is 0.279 e. The van der Waals surface area contributed by atoms with E-state index in [9.17, 15) is 4.79 Å². The molecule has 0 aliphatic carbocycles. The Morgan fingerprint density at radius 3 is 2.71 bits per heavy atom. The smallest absolute Gasteiger partial charge is 0.267 e. The van der Waals surface area contributed by atoms with E-state index in [-0.39, 0.29) is 5.91 Å². The highest BCUT2D eigenvalue weighted by Crippen LogP contribution is 2.13. The van der Waals surface area contributed by atoms with Crippen molar-refractivity contribution in [3.8, 4) is 0 Å². The zero-order chi connectivity index (χ0) is 9.80. The van der Waals surface area contributed by atoms with E-state index in [1.807, 2.05) is 6.07 Å². The van der Waals surface area contributed by atoms with Crippen LogP contribution in [0.2, 0.25) is 0 Å². The number of amidine groups is 1. The Bertz CT molecular complexity index is 449. The van der Waals surface area contributed by atoms with Gasteiger partial charge in [-0.15, -0.1) is 8.13 Å². The molecule has 0 radical (unpaired) electrons. The second kappa shape index (κ2) is 4.30. The lowest BCUT2D eigenvalue weighted by Gasteiger charge is -1.93. The third-order valence-electron chi connectivity index (χ3n) is 1.49. The average molecular weight is 223 g/mol. The minimum absolute atomic E-state index is 0.283. The van der Waals surface area contributed by atoms with Gasteiger partial charge in [0.1, 0.15) is 0 Å². The number of hydrogen-bond acceptors (Lipinski definition) is 3. The van der Waals surface area contributed by atoms with Crippen molar-refractivity contribution >= 4 is 34.4 Å². The lowest BCUT2D eigenvalue weighted by atomic mass is 10.2. The number of benzene rings is 1. The largest absolute Gasteiger partial charge is 0.279 e. The van der Waals surface area contributed by atoms with Gasteiger partial charge in [0.25, 0.3) is 5.91 Å². The first kappa shape index (κ1) is 9.29.